The Morgan fingerprint density at radius 2 is 2.29 bits per heavy atom. The Morgan fingerprint density at radius 3 is 2.71 bits per heavy atom. The quantitative estimate of drug-likeness (QED) is 0.187. The lowest BCUT2D eigenvalue weighted by Gasteiger charge is -1.77. The van der Waals surface area contributed by atoms with Crippen molar-refractivity contribution in [3.8, 4) is 0 Å². The van der Waals surface area contributed by atoms with Gasteiger partial charge in [0.15, 0.2) is 0 Å². The Hall–Kier alpha value is -0.790. The first-order valence-corrected chi connectivity index (χ1v) is 2.18. The summed E-state index contributed by atoms with van der Waals surface area (Å²) in [5.41, 5.74) is 0. The van der Waals surface area contributed by atoms with Crippen LogP contribution in [0.25, 0.3) is 0 Å². The molecule has 0 aliphatic carbocycles. The Labute approximate surface area is 43.2 Å². The second kappa shape index (κ2) is 5.21. The third-order valence-corrected chi connectivity index (χ3v) is 0.582. The zero-order valence-electron chi connectivity index (χ0n) is 4.17. The molecule has 0 bridgehead atoms. The second-order valence-corrected chi connectivity index (χ2v) is 1.16. The molecule has 40 valence electrons. The lowest BCUT2D eigenvalue weighted by Crippen LogP contribution is -1.69. The van der Waals surface area contributed by atoms with Gasteiger partial charge in [-0.3, -0.25) is 0 Å². The molecule has 0 saturated carbocycles. The van der Waals surface area contributed by atoms with Crippen LogP contribution in [-0.2, 0) is 0 Å². The van der Waals surface area contributed by atoms with Crippen molar-refractivity contribution < 1.29 is 5.21 Å². The lowest BCUT2D eigenvalue weighted by atomic mass is 10.3. The summed E-state index contributed by atoms with van der Waals surface area (Å²) >= 11 is 0. The standard InChI is InChI=1S/C5H9NO/c1-2-3-4-5-6-7/h2,5,7H,1,3-4H2. The molecule has 7 heavy (non-hydrogen) atoms. The van der Waals surface area contributed by atoms with Crippen molar-refractivity contribution in [3.63, 3.8) is 0 Å². The number of allylic oxidation sites excluding steroid dienone is 1. The third-order valence-electron chi connectivity index (χ3n) is 0.582. The van der Waals surface area contributed by atoms with E-state index >= 15 is 0 Å². The van der Waals surface area contributed by atoms with E-state index in [0.717, 1.165) is 12.8 Å². The van der Waals surface area contributed by atoms with E-state index in [2.05, 4.69) is 11.7 Å². The number of hydrogen-bond donors (Lipinski definition) is 1. The molecule has 0 aliphatic heterocycles. The number of nitrogens with zero attached hydrogens (tertiary/aromatic N) is 1. The predicted molar refractivity (Wildman–Crippen MR) is 29.7 cm³/mol. The van der Waals surface area contributed by atoms with Crippen LogP contribution in [0.4, 0.5) is 0 Å². The second-order valence-electron chi connectivity index (χ2n) is 1.16. The van der Waals surface area contributed by atoms with E-state index in [0.29, 0.717) is 0 Å². The smallest absolute Gasteiger partial charge is 0.0439 e. The summed E-state index contributed by atoms with van der Waals surface area (Å²) in [4.78, 5) is 0. The molecule has 0 rings (SSSR count). The van der Waals surface area contributed by atoms with Crippen LogP contribution in [0.15, 0.2) is 17.8 Å². The van der Waals surface area contributed by atoms with Crippen molar-refractivity contribution >= 4 is 6.21 Å². The molecule has 0 spiro atoms. The first-order valence-electron chi connectivity index (χ1n) is 2.18. The fourth-order valence-electron chi connectivity index (χ4n) is 0.250. The van der Waals surface area contributed by atoms with Crippen LogP contribution >= 0.6 is 0 Å². The molecule has 0 aromatic rings. The molecule has 0 fully saturated rings. The summed E-state index contributed by atoms with van der Waals surface area (Å²) in [7, 11) is 0. The molecule has 1 N–H and O–H groups in total. The van der Waals surface area contributed by atoms with Crippen LogP contribution in [0.3, 0.4) is 0 Å². The van der Waals surface area contributed by atoms with Crippen molar-refractivity contribution in [1.29, 1.82) is 0 Å². The number of rotatable bonds is 3. The van der Waals surface area contributed by atoms with Gasteiger partial charge in [0, 0.05) is 6.21 Å². The molecular weight excluding hydrogens is 90.1 g/mol. The minimum atomic E-state index is 0.778. The van der Waals surface area contributed by atoms with Gasteiger partial charge in [-0.2, -0.15) is 0 Å². The Bertz CT molecular complexity index is 68.5. The molecule has 0 amide bonds. The summed E-state index contributed by atoms with van der Waals surface area (Å²) in [6.45, 7) is 3.49. The van der Waals surface area contributed by atoms with E-state index in [-0.39, 0.29) is 0 Å². The molecule has 0 unspecified atom stereocenters. The molecule has 0 aliphatic rings. The lowest BCUT2D eigenvalue weighted by molar-refractivity contribution is 0.320. The van der Waals surface area contributed by atoms with Gasteiger partial charge < -0.3 is 5.21 Å². The number of unbranched alkanes of at least 4 members (excludes halogenated alkanes) is 1. The van der Waals surface area contributed by atoms with Crippen LogP contribution in [0.1, 0.15) is 12.8 Å². The maximum absolute atomic E-state index is 7.83. The van der Waals surface area contributed by atoms with E-state index in [1.807, 2.05) is 0 Å². The van der Waals surface area contributed by atoms with Crippen LogP contribution in [0.2, 0.25) is 0 Å². The zero-order chi connectivity index (χ0) is 5.54. The normalized spacial score (nSPS) is 9.71. The van der Waals surface area contributed by atoms with Crippen molar-refractivity contribution in [1.82, 2.24) is 0 Å². The van der Waals surface area contributed by atoms with E-state index in [1.54, 1.807) is 6.08 Å². The molecule has 2 heteroatoms. The summed E-state index contributed by atoms with van der Waals surface area (Å²) in [5, 5.41) is 10.6. The van der Waals surface area contributed by atoms with Gasteiger partial charge in [0.05, 0.1) is 0 Å². The van der Waals surface area contributed by atoms with E-state index in [1.165, 1.54) is 6.21 Å². The molecule has 0 atom stereocenters. The number of hydrogen-bond acceptors (Lipinski definition) is 2. The van der Waals surface area contributed by atoms with Crippen molar-refractivity contribution in [2.24, 2.45) is 5.16 Å². The average Bonchev–Trinajstić information content (AvgIpc) is 1.69. The summed E-state index contributed by atoms with van der Waals surface area (Å²) in [6.07, 6.45) is 4.88. The molecule has 0 heterocycles. The third kappa shape index (κ3) is 5.21. The fraction of sp³-hybridized carbons (Fsp3) is 0.400. The Balaban J connectivity index is 2.82. The van der Waals surface area contributed by atoms with Crippen LogP contribution in [0.5, 0.6) is 0 Å². The Kier molecular flexibility index (Phi) is 4.62. The van der Waals surface area contributed by atoms with Gasteiger partial charge in [-0.1, -0.05) is 6.08 Å². The monoisotopic (exact) mass is 99.1 g/mol. The maximum atomic E-state index is 7.83. The average molecular weight is 99.1 g/mol. The van der Waals surface area contributed by atoms with Crippen molar-refractivity contribution in [2.45, 2.75) is 12.8 Å². The molecule has 0 radical (unpaired) electrons. The van der Waals surface area contributed by atoms with Gasteiger partial charge in [-0.15, -0.1) is 11.7 Å². The molecule has 2 nitrogen and oxygen atoms in total. The maximum Gasteiger partial charge on any atom is 0.0439 e. The predicted octanol–water partition coefficient (Wildman–Crippen LogP) is 1.41. The highest BCUT2D eigenvalue weighted by molar-refractivity contribution is 5.56. The minimum Gasteiger partial charge on any atom is -0.411 e. The van der Waals surface area contributed by atoms with E-state index < -0.39 is 0 Å². The topological polar surface area (TPSA) is 32.6 Å². The van der Waals surface area contributed by atoms with Gasteiger partial charge in [0.25, 0.3) is 0 Å². The SMILES string of the molecule is C=CCCC=NO. The van der Waals surface area contributed by atoms with Crippen molar-refractivity contribution in [2.75, 3.05) is 0 Å². The zero-order valence-corrected chi connectivity index (χ0v) is 4.17. The highest BCUT2D eigenvalue weighted by Crippen LogP contribution is 1.82. The first kappa shape index (κ1) is 6.21. The minimum absolute atomic E-state index is 0.778. The Morgan fingerprint density at radius 1 is 1.57 bits per heavy atom. The number of oxime groups is 1. The first-order chi connectivity index (χ1) is 3.41. The van der Waals surface area contributed by atoms with Gasteiger partial charge >= 0.3 is 0 Å². The molecule has 0 aromatic carbocycles. The van der Waals surface area contributed by atoms with E-state index in [9.17, 15) is 0 Å². The highest BCUT2D eigenvalue weighted by Gasteiger charge is 1.70. The molecule has 0 saturated heterocycles. The summed E-state index contributed by atoms with van der Waals surface area (Å²) in [5.74, 6) is 0. The largest absolute Gasteiger partial charge is 0.411 e. The summed E-state index contributed by atoms with van der Waals surface area (Å²) < 4.78 is 0. The van der Waals surface area contributed by atoms with Gasteiger partial charge in [0.1, 0.15) is 0 Å². The van der Waals surface area contributed by atoms with Gasteiger partial charge in [-0.25, -0.2) is 0 Å². The van der Waals surface area contributed by atoms with Crippen LogP contribution < -0.4 is 0 Å². The van der Waals surface area contributed by atoms with E-state index in [4.69, 9.17) is 5.21 Å². The van der Waals surface area contributed by atoms with Crippen LogP contribution in [0, 0.1) is 0 Å². The fourth-order valence-corrected chi connectivity index (χ4v) is 0.250. The molecule has 0 aromatic heterocycles. The van der Waals surface area contributed by atoms with Gasteiger partial charge in [-0.05, 0) is 12.8 Å². The molecular formula is C5H9NO. The van der Waals surface area contributed by atoms with Crippen LogP contribution in [-0.4, -0.2) is 11.4 Å². The highest BCUT2D eigenvalue weighted by atomic mass is 16.4. The van der Waals surface area contributed by atoms with Crippen molar-refractivity contribution in [3.05, 3.63) is 12.7 Å². The summed E-state index contributed by atoms with van der Waals surface area (Å²) in [6, 6.07) is 0. The van der Waals surface area contributed by atoms with Gasteiger partial charge in [0.2, 0.25) is 0 Å².